The van der Waals surface area contributed by atoms with E-state index in [1.807, 2.05) is 31.2 Å². The predicted octanol–water partition coefficient (Wildman–Crippen LogP) is 3.88. The first-order valence-electron chi connectivity index (χ1n) is 5.51. The van der Waals surface area contributed by atoms with Gasteiger partial charge in [-0.15, -0.1) is 0 Å². The lowest BCUT2D eigenvalue weighted by atomic mass is 10.1. The van der Waals surface area contributed by atoms with Crippen LogP contribution in [0.3, 0.4) is 0 Å². The molecule has 3 nitrogen and oxygen atoms in total. The molecule has 2 aromatic rings. The van der Waals surface area contributed by atoms with E-state index in [0.29, 0.717) is 16.3 Å². The van der Waals surface area contributed by atoms with Crippen molar-refractivity contribution in [1.29, 1.82) is 0 Å². The van der Waals surface area contributed by atoms with Crippen LogP contribution in [0.15, 0.2) is 53.6 Å². The molecule has 0 fully saturated rings. The topological polar surface area (TPSA) is 44.6 Å². The second-order valence-electron chi connectivity index (χ2n) is 3.83. The summed E-state index contributed by atoms with van der Waals surface area (Å²) in [5, 5.41) is 14.6. The summed E-state index contributed by atoms with van der Waals surface area (Å²) in [4.78, 5) is 0. The Bertz CT molecular complexity index is 564. The minimum atomic E-state index is 0.219. The highest BCUT2D eigenvalue weighted by atomic mass is 35.5. The van der Waals surface area contributed by atoms with Gasteiger partial charge in [0.1, 0.15) is 5.75 Å². The van der Waals surface area contributed by atoms with Crippen LogP contribution in [0.25, 0.3) is 0 Å². The summed E-state index contributed by atoms with van der Waals surface area (Å²) in [7, 11) is 0. The summed E-state index contributed by atoms with van der Waals surface area (Å²) in [6.45, 7) is 1.83. The number of aromatic hydroxyl groups is 1. The number of nitrogens with zero attached hydrogens (tertiary/aromatic N) is 1. The van der Waals surface area contributed by atoms with Gasteiger partial charge < -0.3 is 5.11 Å². The van der Waals surface area contributed by atoms with Crippen molar-refractivity contribution in [2.24, 2.45) is 5.10 Å². The quantitative estimate of drug-likeness (QED) is 0.650. The molecule has 0 radical (unpaired) electrons. The summed E-state index contributed by atoms with van der Waals surface area (Å²) in [5.41, 5.74) is 5.18. The highest BCUT2D eigenvalue weighted by molar-refractivity contribution is 6.30. The molecule has 2 rings (SSSR count). The number of hydrazone groups is 1. The van der Waals surface area contributed by atoms with Crippen LogP contribution in [-0.4, -0.2) is 10.8 Å². The summed E-state index contributed by atoms with van der Waals surface area (Å²) >= 11 is 5.79. The molecule has 0 heterocycles. The fourth-order valence-electron chi connectivity index (χ4n) is 1.51. The van der Waals surface area contributed by atoms with Crippen molar-refractivity contribution in [3.63, 3.8) is 0 Å². The zero-order valence-corrected chi connectivity index (χ0v) is 10.6. The van der Waals surface area contributed by atoms with Crippen LogP contribution in [0.4, 0.5) is 5.69 Å². The molecule has 0 aromatic heterocycles. The van der Waals surface area contributed by atoms with Gasteiger partial charge in [0.05, 0.1) is 11.4 Å². The molecule has 0 saturated heterocycles. The van der Waals surface area contributed by atoms with Gasteiger partial charge >= 0.3 is 0 Å². The van der Waals surface area contributed by atoms with Crippen molar-refractivity contribution in [3.05, 3.63) is 59.1 Å². The minimum absolute atomic E-state index is 0.219. The van der Waals surface area contributed by atoms with E-state index in [9.17, 15) is 5.11 Å². The summed E-state index contributed by atoms with van der Waals surface area (Å²) in [5.74, 6) is 0.219. The van der Waals surface area contributed by atoms with Crippen LogP contribution in [0, 0.1) is 0 Å². The average molecular weight is 261 g/mol. The molecule has 0 bridgehead atoms. The molecular weight excluding hydrogens is 248 g/mol. The average Bonchev–Trinajstić information content (AvgIpc) is 2.38. The largest absolute Gasteiger partial charge is 0.507 e. The third kappa shape index (κ3) is 3.02. The lowest BCUT2D eigenvalue weighted by molar-refractivity contribution is 0.474. The molecule has 2 N–H and O–H groups in total. The van der Waals surface area contributed by atoms with Gasteiger partial charge in [-0.1, -0.05) is 23.7 Å². The summed E-state index contributed by atoms with van der Waals surface area (Å²) < 4.78 is 0. The number of anilines is 1. The Kier molecular flexibility index (Phi) is 3.85. The first-order valence-corrected chi connectivity index (χ1v) is 5.89. The van der Waals surface area contributed by atoms with Crippen LogP contribution in [0.1, 0.15) is 12.5 Å². The second-order valence-corrected chi connectivity index (χ2v) is 4.27. The lowest BCUT2D eigenvalue weighted by Crippen LogP contribution is -1.99. The predicted molar refractivity (Wildman–Crippen MR) is 75.4 cm³/mol. The second kappa shape index (κ2) is 5.56. The van der Waals surface area contributed by atoms with Crippen molar-refractivity contribution >= 4 is 23.0 Å². The van der Waals surface area contributed by atoms with Crippen LogP contribution in [-0.2, 0) is 0 Å². The minimum Gasteiger partial charge on any atom is -0.507 e. The van der Waals surface area contributed by atoms with E-state index < -0.39 is 0 Å². The Morgan fingerprint density at radius 3 is 2.44 bits per heavy atom. The number of nitrogens with one attached hydrogen (secondary N) is 1. The van der Waals surface area contributed by atoms with Crippen LogP contribution in [0.2, 0.25) is 5.02 Å². The smallest absolute Gasteiger partial charge is 0.124 e. The Morgan fingerprint density at radius 2 is 1.78 bits per heavy atom. The van der Waals surface area contributed by atoms with Crippen LogP contribution < -0.4 is 5.43 Å². The third-order valence-corrected chi connectivity index (χ3v) is 2.74. The van der Waals surface area contributed by atoms with Crippen molar-refractivity contribution in [2.75, 3.05) is 5.43 Å². The Labute approximate surface area is 111 Å². The van der Waals surface area contributed by atoms with Gasteiger partial charge in [-0.2, -0.15) is 5.10 Å². The molecule has 0 spiro atoms. The highest BCUT2D eigenvalue weighted by Gasteiger charge is 2.02. The SMILES string of the molecule is C/C(=N\Nc1ccc(Cl)cc1)c1ccccc1O. The van der Waals surface area contributed by atoms with E-state index in [1.165, 1.54) is 0 Å². The molecule has 92 valence electrons. The molecule has 0 aliphatic heterocycles. The molecule has 0 amide bonds. The van der Waals surface area contributed by atoms with Crippen LogP contribution >= 0.6 is 11.6 Å². The maximum absolute atomic E-state index is 9.69. The monoisotopic (exact) mass is 260 g/mol. The Morgan fingerprint density at radius 1 is 1.11 bits per heavy atom. The van der Waals surface area contributed by atoms with Crippen molar-refractivity contribution in [2.45, 2.75) is 6.92 Å². The van der Waals surface area contributed by atoms with Gasteiger partial charge in [-0.05, 0) is 43.3 Å². The van der Waals surface area contributed by atoms with E-state index in [4.69, 9.17) is 11.6 Å². The molecule has 2 aromatic carbocycles. The number of para-hydroxylation sites is 1. The maximum Gasteiger partial charge on any atom is 0.124 e. The van der Waals surface area contributed by atoms with E-state index in [2.05, 4.69) is 10.5 Å². The van der Waals surface area contributed by atoms with E-state index in [-0.39, 0.29) is 5.75 Å². The zero-order valence-electron chi connectivity index (χ0n) is 9.89. The molecule has 0 aliphatic rings. The van der Waals surface area contributed by atoms with Gasteiger partial charge in [0.15, 0.2) is 0 Å². The number of hydrogen-bond acceptors (Lipinski definition) is 3. The van der Waals surface area contributed by atoms with Crippen molar-refractivity contribution in [1.82, 2.24) is 0 Å². The Balaban J connectivity index is 2.14. The molecular formula is C14H13ClN2O. The number of hydrogen-bond donors (Lipinski definition) is 2. The van der Waals surface area contributed by atoms with E-state index >= 15 is 0 Å². The number of rotatable bonds is 3. The van der Waals surface area contributed by atoms with Crippen molar-refractivity contribution < 1.29 is 5.11 Å². The molecule has 0 atom stereocenters. The van der Waals surface area contributed by atoms with Gasteiger partial charge in [-0.3, -0.25) is 5.43 Å². The number of halogens is 1. The molecule has 0 unspecified atom stereocenters. The highest BCUT2D eigenvalue weighted by Crippen LogP contribution is 2.17. The number of phenolic OH excluding ortho intramolecular Hbond substituents is 1. The summed E-state index contributed by atoms with van der Waals surface area (Å²) in [6, 6.07) is 14.3. The summed E-state index contributed by atoms with van der Waals surface area (Å²) in [6.07, 6.45) is 0. The third-order valence-electron chi connectivity index (χ3n) is 2.49. The fraction of sp³-hybridized carbons (Fsp3) is 0.0714. The lowest BCUT2D eigenvalue weighted by Gasteiger charge is -2.05. The molecule has 18 heavy (non-hydrogen) atoms. The first-order chi connectivity index (χ1) is 8.66. The van der Waals surface area contributed by atoms with Gasteiger partial charge in [-0.25, -0.2) is 0 Å². The van der Waals surface area contributed by atoms with E-state index in [1.54, 1.807) is 24.3 Å². The maximum atomic E-state index is 9.69. The number of benzene rings is 2. The standard InChI is InChI=1S/C14H13ClN2O/c1-10(13-4-2-3-5-14(13)18)16-17-12-8-6-11(15)7-9-12/h2-9,17-18H,1H3/b16-10+. The van der Waals surface area contributed by atoms with Crippen molar-refractivity contribution in [3.8, 4) is 5.75 Å². The molecule has 0 saturated carbocycles. The fourth-order valence-corrected chi connectivity index (χ4v) is 1.64. The zero-order chi connectivity index (χ0) is 13.0. The van der Waals surface area contributed by atoms with Gasteiger partial charge in [0.2, 0.25) is 0 Å². The number of phenols is 1. The Hall–Kier alpha value is -2.00. The molecule has 0 aliphatic carbocycles. The van der Waals surface area contributed by atoms with Crippen LogP contribution in [0.5, 0.6) is 5.75 Å². The first kappa shape index (κ1) is 12.5. The van der Waals surface area contributed by atoms with E-state index in [0.717, 1.165) is 5.69 Å². The van der Waals surface area contributed by atoms with Gasteiger partial charge in [0, 0.05) is 10.6 Å². The normalized spacial score (nSPS) is 11.3. The molecule has 4 heteroatoms. The van der Waals surface area contributed by atoms with Gasteiger partial charge in [0.25, 0.3) is 0 Å².